The molecule has 1 nitrogen and oxygen atoms in total. The summed E-state index contributed by atoms with van der Waals surface area (Å²) in [5.74, 6) is -0.405. The Morgan fingerprint density at radius 3 is 2.76 bits per heavy atom. The maximum atomic E-state index is 14.1. The molecule has 0 radical (unpaired) electrons. The van der Waals surface area contributed by atoms with E-state index >= 15 is 0 Å². The summed E-state index contributed by atoms with van der Waals surface area (Å²) >= 11 is 5.82. The summed E-state index contributed by atoms with van der Waals surface area (Å²) in [6.45, 7) is 1.73. The molecule has 1 aromatic carbocycles. The van der Waals surface area contributed by atoms with Crippen molar-refractivity contribution in [3.8, 4) is 0 Å². The van der Waals surface area contributed by atoms with E-state index in [0.717, 1.165) is 25.9 Å². The first kappa shape index (κ1) is 12.8. The Balaban J connectivity index is 2.01. The Kier molecular flexibility index (Phi) is 4.35. The number of halogens is 3. The Morgan fingerprint density at radius 2 is 2.06 bits per heavy atom. The minimum Gasteiger partial charge on any atom is -0.317 e. The van der Waals surface area contributed by atoms with E-state index in [1.54, 1.807) is 12.1 Å². The van der Waals surface area contributed by atoms with Crippen molar-refractivity contribution in [2.75, 3.05) is 13.1 Å². The molecule has 1 aliphatic rings. The first-order chi connectivity index (χ1) is 8.18. The predicted octanol–water partition coefficient (Wildman–Crippen LogP) is 3.36. The van der Waals surface area contributed by atoms with Gasteiger partial charge in [0.1, 0.15) is 12.0 Å². The highest BCUT2D eigenvalue weighted by atomic mass is 35.5. The number of hydrogen-bond acceptors (Lipinski definition) is 1. The van der Waals surface area contributed by atoms with Crippen molar-refractivity contribution in [1.29, 1.82) is 0 Å². The normalized spacial score (nSPS) is 19.2. The molecule has 1 N–H and O–H groups in total. The van der Waals surface area contributed by atoms with Gasteiger partial charge in [0.15, 0.2) is 0 Å². The zero-order chi connectivity index (χ0) is 12.3. The number of benzene rings is 1. The van der Waals surface area contributed by atoms with Gasteiger partial charge in [0, 0.05) is 6.42 Å². The molecule has 0 amide bonds. The van der Waals surface area contributed by atoms with Gasteiger partial charge >= 0.3 is 0 Å². The third-order valence-corrected chi connectivity index (χ3v) is 3.77. The molecule has 4 heteroatoms. The second kappa shape index (κ2) is 5.78. The highest BCUT2D eigenvalue weighted by Gasteiger charge is 2.24. The van der Waals surface area contributed by atoms with Crippen LogP contribution >= 0.6 is 11.6 Å². The molecule has 17 heavy (non-hydrogen) atoms. The molecule has 0 spiro atoms. The molecule has 0 bridgehead atoms. The monoisotopic (exact) mass is 259 g/mol. The SMILES string of the molecule is Fc1cccc(CC(F)C2CCNCC2)c1Cl. The van der Waals surface area contributed by atoms with Crippen LogP contribution in [-0.2, 0) is 6.42 Å². The summed E-state index contributed by atoms with van der Waals surface area (Å²) in [6, 6.07) is 4.56. The lowest BCUT2D eigenvalue weighted by molar-refractivity contribution is 0.187. The highest BCUT2D eigenvalue weighted by molar-refractivity contribution is 6.31. The lowest BCUT2D eigenvalue weighted by atomic mass is 9.89. The zero-order valence-corrected chi connectivity index (χ0v) is 10.3. The second-order valence-corrected chi connectivity index (χ2v) is 4.90. The Labute approximate surface area is 105 Å². The van der Waals surface area contributed by atoms with Gasteiger partial charge in [-0.05, 0) is 43.5 Å². The summed E-state index contributed by atoms with van der Waals surface area (Å²) in [6.07, 6.45) is 0.958. The number of alkyl halides is 1. The molecule has 0 aliphatic carbocycles. The number of hydrogen-bond donors (Lipinski definition) is 1. The van der Waals surface area contributed by atoms with Gasteiger partial charge in [-0.25, -0.2) is 8.78 Å². The fraction of sp³-hybridized carbons (Fsp3) is 0.538. The standard InChI is InChI=1S/C13H16ClF2N/c14-13-10(2-1-3-11(13)15)8-12(16)9-4-6-17-7-5-9/h1-3,9,12,17H,4-8H2. The van der Waals surface area contributed by atoms with E-state index in [1.165, 1.54) is 6.07 Å². The smallest absolute Gasteiger partial charge is 0.142 e. The van der Waals surface area contributed by atoms with Crippen LogP contribution in [0.1, 0.15) is 18.4 Å². The molecular weight excluding hydrogens is 244 g/mol. The van der Waals surface area contributed by atoms with Crippen molar-refractivity contribution in [3.63, 3.8) is 0 Å². The minimum atomic E-state index is -0.934. The summed E-state index contributed by atoms with van der Waals surface area (Å²) in [5.41, 5.74) is 0.567. The number of piperidine rings is 1. The summed E-state index contributed by atoms with van der Waals surface area (Å²) < 4.78 is 27.3. The van der Waals surface area contributed by atoms with Gasteiger partial charge < -0.3 is 5.32 Å². The summed E-state index contributed by atoms with van der Waals surface area (Å²) in [5, 5.41) is 3.26. The van der Waals surface area contributed by atoms with E-state index in [0.29, 0.717) is 5.56 Å². The molecule has 0 saturated carbocycles. The zero-order valence-electron chi connectivity index (χ0n) is 9.56. The minimum absolute atomic E-state index is 0.0593. The molecule has 1 saturated heterocycles. The Morgan fingerprint density at radius 1 is 1.35 bits per heavy atom. The van der Waals surface area contributed by atoms with Crippen molar-refractivity contribution >= 4 is 11.6 Å². The number of rotatable bonds is 3. The first-order valence-corrected chi connectivity index (χ1v) is 6.34. The van der Waals surface area contributed by atoms with E-state index in [1.807, 2.05) is 0 Å². The largest absolute Gasteiger partial charge is 0.317 e. The van der Waals surface area contributed by atoms with Crippen molar-refractivity contribution in [3.05, 3.63) is 34.6 Å². The van der Waals surface area contributed by atoms with Gasteiger partial charge in [0.25, 0.3) is 0 Å². The third-order valence-electron chi connectivity index (χ3n) is 3.34. The van der Waals surface area contributed by atoms with Crippen molar-refractivity contribution in [2.45, 2.75) is 25.4 Å². The van der Waals surface area contributed by atoms with E-state index in [-0.39, 0.29) is 17.4 Å². The average molecular weight is 260 g/mol. The van der Waals surface area contributed by atoms with Gasteiger partial charge in [-0.15, -0.1) is 0 Å². The second-order valence-electron chi connectivity index (χ2n) is 4.52. The van der Waals surface area contributed by atoms with Crippen LogP contribution in [0.2, 0.25) is 5.02 Å². The Bertz CT molecular complexity index is 378. The topological polar surface area (TPSA) is 12.0 Å². The summed E-state index contributed by atoms with van der Waals surface area (Å²) in [7, 11) is 0. The number of nitrogens with one attached hydrogen (secondary N) is 1. The maximum Gasteiger partial charge on any atom is 0.142 e. The highest BCUT2D eigenvalue weighted by Crippen LogP contribution is 2.26. The first-order valence-electron chi connectivity index (χ1n) is 5.96. The van der Waals surface area contributed by atoms with Crippen LogP contribution in [-0.4, -0.2) is 19.3 Å². The molecule has 2 rings (SSSR count). The maximum absolute atomic E-state index is 14.1. The molecule has 1 aromatic rings. The van der Waals surface area contributed by atoms with Gasteiger partial charge in [0.05, 0.1) is 5.02 Å². The van der Waals surface area contributed by atoms with Gasteiger partial charge in [0.2, 0.25) is 0 Å². The molecule has 0 aromatic heterocycles. The molecule has 1 heterocycles. The fourth-order valence-corrected chi connectivity index (χ4v) is 2.49. The van der Waals surface area contributed by atoms with Gasteiger partial charge in [-0.1, -0.05) is 23.7 Å². The molecular formula is C13H16ClF2N. The lowest BCUT2D eigenvalue weighted by Gasteiger charge is -2.26. The predicted molar refractivity (Wildman–Crippen MR) is 65.6 cm³/mol. The quantitative estimate of drug-likeness (QED) is 0.878. The molecule has 1 aliphatic heterocycles. The molecule has 1 fully saturated rings. The van der Waals surface area contributed by atoms with E-state index in [4.69, 9.17) is 11.6 Å². The van der Waals surface area contributed by atoms with Crippen LogP contribution in [0.4, 0.5) is 8.78 Å². The van der Waals surface area contributed by atoms with Crippen LogP contribution in [0.25, 0.3) is 0 Å². The molecule has 1 unspecified atom stereocenters. The molecule has 1 atom stereocenters. The van der Waals surface area contributed by atoms with Crippen LogP contribution in [0.3, 0.4) is 0 Å². The van der Waals surface area contributed by atoms with Crippen molar-refractivity contribution in [1.82, 2.24) is 5.32 Å². The van der Waals surface area contributed by atoms with E-state index < -0.39 is 12.0 Å². The lowest BCUT2D eigenvalue weighted by Crippen LogP contribution is -2.33. The Hall–Kier alpha value is -0.670. The van der Waals surface area contributed by atoms with Crippen LogP contribution in [0, 0.1) is 11.7 Å². The van der Waals surface area contributed by atoms with Crippen LogP contribution in [0.15, 0.2) is 18.2 Å². The fourth-order valence-electron chi connectivity index (χ4n) is 2.29. The third kappa shape index (κ3) is 3.17. The summed E-state index contributed by atoms with van der Waals surface area (Å²) in [4.78, 5) is 0. The van der Waals surface area contributed by atoms with E-state index in [9.17, 15) is 8.78 Å². The van der Waals surface area contributed by atoms with Crippen LogP contribution in [0.5, 0.6) is 0 Å². The van der Waals surface area contributed by atoms with Crippen molar-refractivity contribution < 1.29 is 8.78 Å². The molecule has 94 valence electrons. The van der Waals surface area contributed by atoms with Crippen molar-refractivity contribution in [2.24, 2.45) is 5.92 Å². The average Bonchev–Trinajstić information content (AvgIpc) is 2.36. The van der Waals surface area contributed by atoms with Gasteiger partial charge in [-0.2, -0.15) is 0 Å². The van der Waals surface area contributed by atoms with Crippen LogP contribution < -0.4 is 5.32 Å². The van der Waals surface area contributed by atoms with E-state index in [2.05, 4.69) is 5.32 Å². The van der Waals surface area contributed by atoms with Gasteiger partial charge in [-0.3, -0.25) is 0 Å².